The lowest BCUT2D eigenvalue weighted by molar-refractivity contribution is -0.114. The average molecular weight is 429 g/mol. The van der Waals surface area contributed by atoms with Crippen molar-refractivity contribution in [3.63, 3.8) is 0 Å². The summed E-state index contributed by atoms with van der Waals surface area (Å²) in [5.74, 6) is -0.442. The van der Waals surface area contributed by atoms with E-state index in [1.54, 1.807) is 48.5 Å². The summed E-state index contributed by atoms with van der Waals surface area (Å²) in [6.07, 6.45) is 0. The number of amides is 1. The van der Waals surface area contributed by atoms with Crippen LogP contribution in [0.4, 0.5) is 11.4 Å². The monoisotopic (exact) mass is 428 g/mol. The highest BCUT2D eigenvalue weighted by Gasteiger charge is 2.27. The van der Waals surface area contributed by atoms with Gasteiger partial charge < -0.3 is 5.32 Å². The number of benzene rings is 3. The van der Waals surface area contributed by atoms with E-state index < -0.39 is 15.9 Å². The number of sulfonamides is 1. The van der Waals surface area contributed by atoms with Gasteiger partial charge in [0.15, 0.2) is 0 Å². The molecule has 0 saturated heterocycles. The van der Waals surface area contributed by atoms with Gasteiger partial charge in [-0.1, -0.05) is 35.9 Å². The smallest absolute Gasteiger partial charge is 0.264 e. The van der Waals surface area contributed by atoms with Crippen LogP contribution in [0.25, 0.3) is 0 Å². The van der Waals surface area contributed by atoms with E-state index in [0.29, 0.717) is 16.4 Å². The summed E-state index contributed by atoms with van der Waals surface area (Å²) < 4.78 is 27.5. The molecule has 0 bridgehead atoms. The van der Waals surface area contributed by atoms with Gasteiger partial charge >= 0.3 is 0 Å². The van der Waals surface area contributed by atoms with Crippen LogP contribution in [0.3, 0.4) is 0 Å². The van der Waals surface area contributed by atoms with Crippen LogP contribution < -0.4 is 9.62 Å². The fourth-order valence-corrected chi connectivity index (χ4v) is 4.36. The van der Waals surface area contributed by atoms with Gasteiger partial charge in [-0.25, -0.2) is 8.42 Å². The van der Waals surface area contributed by atoms with E-state index >= 15 is 0 Å². The highest BCUT2D eigenvalue weighted by atomic mass is 35.5. The maximum Gasteiger partial charge on any atom is 0.264 e. The SMILES string of the molecule is Cc1ccc(NC(=O)CN(c2ccc(Cl)cc2)S(=O)(=O)c2ccccc2)cc1C. The predicted octanol–water partition coefficient (Wildman–Crippen LogP) is 4.79. The molecule has 1 N–H and O–H groups in total. The second-order valence-corrected chi connectivity index (χ2v) is 8.95. The normalized spacial score (nSPS) is 11.1. The molecule has 0 aliphatic rings. The molecule has 0 heterocycles. The van der Waals surface area contributed by atoms with Gasteiger partial charge in [0.2, 0.25) is 5.91 Å². The van der Waals surface area contributed by atoms with Gasteiger partial charge in [-0.05, 0) is 73.5 Å². The number of aryl methyl sites for hydroxylation is 2. The Hall–Kier alpha value is -2.83. The van der Waals surface area contributed by atoms with Crippen molar-refractivity contribution in [2.75, 3.05) is 16.2 Å². The van der Waals surface area contributed by atoms with Gasteiger partial charge in [0, 0.05) is 10.7 Å². The van der Waals surface area contributed by atoms with E-state index in [4.69, 9.17) is 11.6 Å². The van der Waals surface area contributed by atoms with Gasteiger partial charge in [0.05, 0.1) is 10.6 Å². The maximum absolute atomic E-state index is 13.2. The minimum absolute atomic E-state index is 0.105. The van der Waals surface area contributed by atoms with Crippen molar-refractivity contribution in [2.24, 2.45) is 0 Å². The van der Waals surface area contributed by atoms with Crippen LogP contribution in [0, 0.1) is 13.8 Å². The van der Waals surface area contributed by atoms with Crippen LogP contribution in [0.5, 0.6) is 0 Å². The third kappa shape index (κ3) is 4.96. The Balaban J connectivity index is 1.92. The van der Waals surface area contributed by atoms with E-state index in [0.717, 1.165) is 15.4 Å². The molecule has 3 aromatic carbocycles. The first kappa shape index (κ1) is 20.9. The molecule has 5 nitrogen and oxygen atoms in total. The summed E-state index contributed by atoms with van der Waals surface area (Å²) in [6, 6.07) is 19.9. The van der Waals surface area contributed by atoms with E-state index in [1.807, 2.05) is 26.0 Å². The molecule has 0 aromatic heterocycles. The molecule has 0 spiro atoms. The Morgan fingerprint density at radius 1 is 0.931 bits per heavy atom. The minimum Gasteiger partial charge on any atom is -0.325 e. The summed E-state index contributed by atoms with van der Waals surface area (Å²) in [5.41, 5.74) is 3.12. The lowest BCUT2D eigenvalue weighted by Crippen LogP contribution is -2.38. The van der Waals surface area contributed by atoms with E-state index in [-0.39, 0.29) is 11.4 Å². The second kappa shape index (κ2) is 8.68. The molecule has 150 valence electrons. The standard InChI is InChI=1S/C22H21ClN2O3S/c1-16-8-11-19(14-17(16)2)24-22(26)15-25(20-12-9-18(23)10-13-20)29(27,28)21-6-4-3-5-7-21/h3-14H,15H2,1-2H3,(H,24,26). The molecule has 1 amide bonds. The number of nitrogens with zero attached hydrogens (tertiary/aromatic N) is 1. The zero-order valence-corrected chi connectivity index (χ0v) is 17.7. The van der Waals surface area contributed by atoms with Crippen molar-refractivity contribution >= 4 is 38.9 Å². The van der Waals surface area contributed by atoms with Crippen LogP contribution >= 0.6 is 11.6 Å². The number of anilines is 2. The lowest BCUT2D eigenvalue weighted by Gasteiger charge is -2.24. The van der Waals surface area contributed by atoms with Crippen LogP contribution in [-0.4, -0.2) is 20.9 Å². The van der Waals surface area contributed by atoms with E-state index in [2.05, 4.69) is 5.32 Å². The molecule has 0 radical (unpaired) electrons. The number of hydrogen-bond donors (Lipinski definition) is 1. The fraction of sp³-hybridized carbons (Fsp3) is 0.136. The van der Waals surface area contributed by atoms with Crippen molar-refractivity contribution in [1.82, 2.24) is 0 Å². The molecule has 3 aromatic rings. The van der Waals surface area contributed by atoms with Crippen molar-refractivity contribution in [3.05, 3.63) is 88.9 Å². The Labute approximate surface area is 176 Å². The fourth-order valence-electron chi connectivity index (χ4n) is 2.79. The van der Waals surface area contributed by atoms with Crippen molar-refractivity contribution in [1.29, 1.82) is 0 Å². The summed E-state index contributed by atoms with van der Waals surface area (Å²) in [7, 11) is -3.94. The van der Waals surface area contributed by atoms with E-state index in [1.165, 1.54) is 12.1 Å². The van der Waals surface area contributed by atoms with Crippen LogP contribution in [0.2, 0.25) is 5.02 Å². The second-order valence-electron chi connectivity index (χ2n) is 6.65. The quantitative estimate of drug-likeness (QED) is 0.613. The molecule has 7 heteroatoms. The Morgan fingerprint density at radius 2 is 1.59 bits per heavy atom. The molecule has 0 unspecified atom stereocenters. The molecule has 3 rings (SSSR count). The predicted molar refractivity (Wildman–Crippen MR) is 117 cm³/mol. The van der Waals surface area contributed by atoms with Crippen molar-refractivity contribution in [2.45, 2.75) is 18.7 Å². The summed E-state index contributed by atoms with van der Waals surface area (Å²) in [6.45, 7) is 3.56. The van der Waals surface area contributed by atoms with Crippen molar-refractivity contribution in [3.8, 4) is 0 Å². The third-order valence-corrected chi connectivity index (χ3v) is 6.56. The average Bonchev–Trinajstić information content (AvgIpc) is 2.70. The van der Waals surface area contributed by atoms with Gasteiger partial charge in [-0.3, -0.25) is 9.10 Å². The zero-order chi connectivity index (χ0) is 21.0. The number of carbonyl (C=O) groups is 1. The summed E-state index contributed by atoms with van der Waals surface area (Å²) in [4.78, 5) is 12.8. The van der Waals surface area contributed by atoms with E-state index in [9.17, 15) is 13.2 Å². The number of carbonyl (C=O) groups excluding carboxylic acids is 1. The highest BCUT2D eigenvalue weighted by Crippen LogP contribution is 2.25. The first-order chi connectivity index (χ1) is 13.8. The largest absolute Gasteiger partial charge is 0.325 e. The maximum atomic E-state index is 13.2. The molecule has 0 saturated carbocycles. The topological polar surface area (TPSA) is 66.5 Å². The van der Waals surface area contributed by atoms with Crippen LogP contribution in [0.15, 0.2) is 77.7 Å². The number of halogens is 1. The highest BCUT2D eigenvalue weighted by molar-refractivity contribution is 7.92. The summed E-state index contributed by atoms with van der Waals surface area (Å²) in [5, 5.41) is 3.25. The lowest BCUT2D eigenvalue weighted by atomic mass is 10.1. The number of hydrogen-bond acceptors (Lipinski definition) is 3. The minimum atomic E-state index is -3.94. The Bertz CT molecular complexity index is 1110. The summed E-state index contributed by atoms with van der Waals surface area (Å²) >= 11 is 5.94. The first-order valence-corrected chi connectivity index (χ1v) is 10.8. The molecule has 0 aliphatic heterocycles. The molecule has 0 atom stereocenters. The third-order valence-electron chi connectivity index (χ3n) is 4.52. The molecule has 29 heavy (non-hydrogen) atoms. The Kier molecular flexibility index (Phi) is 6.25. The number of nitrogens with one attached hydrogen (secondary N) is 1. The zero-order valence-electron chi connectivity index (χ0n) is 16.1. The molecular weight excluding hydrogens is 408 g/mol. The molecule has 0 aliphatic carbocycles. The molecule has 0 fully saturated rings. The Morgan fingerprint density at radius 3 is 2.21 bits per heavy atom. The molecular formula is C22H21ClN2O3S. The van der Waals surface area contributed by atoms with Crippen molar-refractivity contribution < 1.29 is 13.2 Å². The van der Waals surface area contributed by atoms with Gasteiger partial charge in [0.1, 0.15) is 6.54 Å². The van der Waals surface area contributed by atoms with Gasteiger partial charge in [-0.2, -0.15) is 0 Å². The van der Waals surface area contributed by atoms with Crippen LogP contribution in [-0.2, 0) is 14.8 Å². The first-order valence-electron chi connectivity index (χ1n) is 8.98. The van der Waals surface area contributed by atoms with Crippen LogP contribution in [0.1, 0.15) is 11.1 Å². The van der Waals surface area contributed by atoms with Gasteiger partial charge in [0.25, 0.3) is 10.0 Å². The number of rotatable bonds is 6. The van der Waals surface area contributed by atoms with Gasteiger partial charge in [-0.15, -0.1) is 0 Å².